The van der Waals surface area contributed by atoms with Crippen molar-refractivity contribution in [1.29, 1.82) is 0 Å². The van der Waals surface area contributed by atoms with Crippen LogP contribution in [-0.4, -0.2) is 11.7 Å². The third-order valence-electron chi connectivity index (χ3n) is 1.82. The Kier molecular flexibility index (Phi) is 2.95. The standard InChI is InChI=1S/C9H12ClNO/c1-6-2-3-8(10)7(4-5-11)9(6)12/h2-3,12H,4-5,11H2,1H3. The number of aromatic hydroxyl groups is 1. The molecule has 0 aliphatic rings. The topological polar surface area (TPSA) is 46.2 Å². The van der Waals surface area contributed by atoms with E-state index in [1.165, 1.54) is 0 Å². The molecule has 0 heterocycles. The van der Waals surface area contributed by atoms with Gasteiger partial charge in [-0.2, -0.15) is 0 Å². The summed E-state index contributed by atoms with van der Waals surface area (Å²) in [5, 5.41) is 10.2. The van der Waals surface area contributed by atoms with E-state index >= 15 is 0 Å². The van der Waals surface area contributed by atoms with Crippen LogP contribution in [0.2, 0.25) is 5.02 Å². The van der Waals surface area contributed by atoms with Gasteiger partial charge in [-0.25, -0.2) is 0 Å². The van der Waals surface area contributed by atoms with Crippen molar-refractivity contribution < 1.29 is 5.11 Å². The zero-order valence-electron chi connectivity index (χ0n) is 6.97. The maximum atomic E-state index is 9.57. The number of hydrogen-bond acceptors (Lipinski definition) is 2. The van der Waals surface area contributed by atoms with Gasteiger partial charge in [0.15, 0.2) is 0 Å². The van der Waals surface area contributed by atoms with Crippen molar-refractivity contribution in [1.82, 2.24) is 0 Å². The second kappa shape index (κ2) is 3.78. The Balaban J connectivity index is 3.14. The van der Waals surface area contributed by atoms with E-state index in [9.17, 15) is 5.11 Å². The van der Waals surface area contributed by atoms with Gasteiger partial charge in [0, 0.05) is 10.6 Å². The van der Waals surface area contributed by atoms with E-state index in [0.717, 1.165) is 11.1 Å². The van der Waals surface area contributed by atoms with E-state index in [4.69, 9.17) is 17.3 Å². The minimum absolute atomic E-state index is 0.271. The fraction of sp³-hybridized carbons (Fsp3) is 0.333. The molecule has 0 radical (unpaired) electrons. The normalized spacial score (nSPS) is 10.2. The van der Waals surface area contributed by atoms with Gasteiger partial charge in [0.25, 0.3) is 0 Å². The number of benzene rings is 1. The minimum Gasteiger partial charge on any atom is -0.507 e. The lowest BCUT2D eigenvalue weighted by atomic mass is 10.1. The Labute approximate surface area is 77.0 Å². The molecule has 0 saturated heterocycles. The number of nitrogens with two attached hydrogens (primary N) is 1. The maximum Gasteiger partial charge on any atom is 0.123 e. The molecule has 0 aliphatic carbocycles. The molecule has 0 unspecified atom stereocenters. The molecule has 0 fully saturated rings. The Morgan fingerprint density at radius 2 is 2.17 bits per heavy atom. The van der Waals surface area contributed by atoms with Crippen LogP contribution in [-0.2, 0) is 6.42 Å². The second-order valence-corrected chi connectivity index (χ2v) is 3.14. The molecule has 0 aliphatic heterocycles. The van der Waals surface area contributed by atoms with Crippen molar-refractivity contribution in [2.24, 2.45) is 5.73 Å². The highest BCUT2D eigenvalue weighted by molar-refractivity contribution is 6.31. The number of halogens is 1. The third-order valence-corrected chi connectivity index (χ3v) is 2.18. The van der Waals surface area contributed by atoms with Gasteiger partial charge in [-0.05, 0) is 31.5 Å². The van der Waals surface area contributed by atoms with Crippen LogP contribution >= 0.6 is 11.6 Å². The summed E-state index contributed by atoms with van der Waals surface area (Å²) in [4.78, 5) is 0. The van der Waals surface area contributed by atoms with Crippen LogP contribution in [0.15, 0.2) is 12.1 Å². The highest BCUT2D eigenvalue weighted by atomic mass is 35.5. The van der Waals surface area contributed by atoms with Crippen LogP contribution in [0.4, 0.5) is 0 Å². The molecule has 2 nitrogen and oxygen atoms in total. The average molecular weight is 186 g/mol. The van der Waals surface area contributed by atoms with Crippen molar-refractivity contribution in [2.75, 3.05) is 6.54 Å². The molecule has 0 saturated carbocycles. The predicted molar refractivity (Wildman–Crippen MR) is 50.6 cm³/mol. The number of hydrogen-bond donors (Lipinski definition) is 2. The van der Waals surface area contributed by atoms with Gasteiger partial charge in [-0.1, -0.05) is 17.7 Å². The summed E-state index contributed by atoms with van der Waals surface area (Å²) in [6.45, 7) is 2.34. The van der Waals surface area contributed by atoms with Crippen molar-refractivity contribution in [2.45, 2.75) is 13.3 Å². The van der Waals surface area contributed by atoms with Crippen molar-refractivity contribution in [3.05, 3.63) is 28.3 Å². The van der Waals surface area contributed by atoms with Crippen LogP contribution in [0.5, 0.6) is 5.75 Å². The third kappa shape index (κ3) is 1.71. The van der Waals surface area contributed by atoms with E-state index in [1.54, 1.807) is 12.1 Å². The molecule has 3 heteroatoms. The molecule has 66 valence electrons. The zero-order chi connectivity index (χ0) is 9.14. The van der Waals surface area contributed by atoms with Crippen LogP contribution in [0, 0.1) is 6.92 Å². The molecular weight excluding hydrogens is 174 g/mol. The average Bonchev–Trinajstić information content (AvgIpc) is 2.06. The zero-order valence-corrected chi connectivity index (χ0v) is 7.73. The molecular formula is C9H12ClNO. The highest BCUT2D eigenvalue weighted by Gasteiger charge is 2.07. The first-order valence-electron chi connectivity index (χ1n) is 3.84. The summed E-state index contributed by atoms with van der Waals surface area (Å²) in [6, 6.07) is 3.57. The lowest BCUT2D eigenvalue weighted by Crippen LogP contribution is -2.03. The summed E-state index contributed by atoms with van der Waals surface area (Å²) >= 11 is 5.86. The van der Waals surface area contributed by atoms with Crippen molar-refractivity contribution in [3.63, 3.8) is 0 Å². The Hall–Kier alpha value is -0.730. The van der Waals surface area contributed by atoms with Crippen LogP contribution in [0.3, 0.4) is 0 Å². The summed E-state index contributed by atoms with van der Waals surface area (Å²) < 4.78 is 0. The fourth-order valence-corrected chi connectivity index (χ4v) is 1.36. The first-order valence-corrected chi connectivity index (χ1v) is 4.21. The number of phenols is 1. The Morgan fingerprint density at radius 1 is 1.50 bits per heavy atom. The van der Waals surface area contributed by atoms with Gasteiger partial charge in [-0.3, -0.25) is 0 Å². The minimum atomic E-state index is 0.271. The van der Waals surface area contributed by atoms with E-state index in [0.29, 0.717) is 18.0 Å². The van der Waals surface area contributed by atoms with Gasteiger partial charge < -0.3 is 10.8 Å². The highest BCUT2D eigenvalue weighted by Crippen LogP contribution is 2.28. The molecule has 1 aromatic rings. The van der Waals surface area contributed by atoms with Gasteiger partial charge in [0.1, 0.15) is 5.75 Å². The van der Waals surface area contributed by atoms with E-state index in [-0.39, 0.29) is 5.75 Å². The Bertz CT molecular complexity index is 286. The fourth-order valence-electron chi connectivity index (χ4n) is 1.11. The van der Waals surface area contributed by atoms with Crippen LogP contribution in [0.1, 0.15) is 11.1 Å². The van der Waals surface area contributed by atoms with E-state index in [2.05, 4.69) is 0 Å². The molecule has 0 amide bonds. The molecule has 0 spiro atoms. The SMILES string of the molecule is Cc1ccc(Cl)c(CCN)c1O. The quantitative estimate of drug-likeness (QED) is 0.739. The van der Waals surface area contributed by atoms with Gasteiger partial charge in [-0.15, -0.1) is 0 Å². The number of rotatable bonds is 2. The number of phenolic OH excluding ortho intramolecular Hbond substituents is 1. The van der Waals surface area contributed by atoms with E-state index in [1.807, 2.05) is 6.92 Å². The van der Waals surface area contributed by atoms with Crippen molar-refractivity contribution >= 4 is 11.6 Å². The summed E-state index contributed by atoms with van der Waals surface area (Å²) in [5.74, 6) is 0.271. The molecule has 1 aromatic carbocycles. The predicted octanol–water partition coefficient (Wildman–Crippen LogP) is 1.86. The molecule has 3 N–H and O–H groups in total. The molecule has 0 bridgehead atoms. The van der Waals surface area contributed by atoms with Crippen molar-refractivity contribution in [3.8, 4) is 5.75 Å². The lowest BCUT2D eigenvalue weighted by molar-refractivity contribution is 0.464. The lowest BCUT2D eigenvalue weighted by Gasteiger charge is -2.07. The smallest absolute Gasteiger partial charge is 0.123 e. The molecule has 12 heavy (non-hydrogen) atoms. The summed E-state index contributed by atoms with van der Waals surface area (Å²) in [6.07, 6.45) is 0.617. The number of aryl methyl sites for hydroxylation is 1. The summed E-state index contributed by atoms with van der Waals surface area (Å²) in [7, 11) is 0. The second-order valence-electron chi connectivity index (χ2n) is 2.73. The monoisotopic (exact) mass is 185 g/mol. The molecule has 0 atom stereocenters. The van der Waals surface area contributed by atoms with Gasteiger partial charge in [0.05, 0.1) is 0 Å². The molecule has 0 aromatic heterocycles. The summed E-state index contributed by atoms with van der Waals surface area (Å²) in [5.41, 5.74) is 6.96. The largest absolute Gasteiger partial charge is 0.507 e. The first kappa shape index (κ1) is 9.36. The molecule has 1 rings (SSSR count). The van der Waals surface area contributed by atoms with E-state index < -0.39 is 0 Å². The van der Waals surface area contributed by atoms with Crippen LogP contribution in [0.25, 0.3) is 0 Å². The Morgan fingerprint density at radius 3 is 2.75 bits per heavy atom. The van der Waals surface area contributed by atoms with Gasteiger partial charge in [0.2, 0.25) is 0 Å². The van der Waals surface area contributed by atoms with Crippen LogP contribution < -0.4 is 5.73 Å². The first-order chi connectivity index (χ1) is 5.66. The maximum absolute atomic E-state index is 9.57. The van der Waals surface area contributed by atoms with Gasteiger partial charge >= 0.3 is 0 Å².